The van der Waals surface area contributed by atoms with E-state index in [1.807, 2.05) is 0 Å². The van der Waals surface area contributed by atoms with E-state index in [1.54, 1.807) is 0 Å². The van der Waals surface area contributed by atoms with Crippen LogP contribution < -0.4 is 0 Å². The van der Waals surface area contributed by atoms with Gasteiger partial charge in [0.2, 0.25) is 0 Å². The van der Waals surface area contributed by atoms with Crippen LogP contribution in [0, 0.1) is 0 Å². The first-order chi connectivity index (χ1) is 6.33. The molecule has 0 spiro atoms. The summed E-state index contributed by atoms with van der Waals surface area (Å²) in [7, 11) is -5.47. The normalized spacial score (nSPS) is 24.1. The molecule has 84 valence electrons. The van der Waals surface area contributed by atoms with Crippen molar-refractivity contribution in [3.05, 3.63) is 0 Å². The number of ether oxygens (including phenoxy) is 1. The van der Waals surface area contributed by atoms with Gasteiger partial charge in [0, 0.05) is 6.61 Å². The van der Waals surface area contributed by atoms with E-state index in [0.717, 1.165) is 0 Å². The van der Waals surface area contributed by atoms with Gasteiger partial charge in [-0.1, -0.05) is 0 Å². The van der Waals surface area contributed by atoms with Crippen LogP contribution in [0.3, 0.4) is 0 Å². The van der Waals surface area contributed by atoms with Crippen molar-refractivity contribution in [2.75, 3.05) is 13.2 Å². The molecule has 14 heavy (non-hydrogen) atoms. The fourth-order valence-corrected chi connectivity index (χ4v) is 1.47. The van der Waals surface area contributed by atoms with Crippen LogP contribution in [0.15, 0.2) is 0 Å². The fourth-order valence-electron chi connectivity index (χ4n) is 1.01. The van der Waals surface area contributed by atoms with Crippen LogP contribution in [-0.2, 0) is 19.0 Å². The third-order valence-corrected chi connectivity index (χ3v) is 2.73. The lowest BCUT2D eigenvalue weighted by molar-refractivity contribution is -0.0569. The monoisotopic (exact) mass is 234 g/mol. The van der Waals surface area contributed by atoms with Gasteiger partial charge in [-0.3, -0.25) is 4.18 Å². The molecule has 1 rings (SSSR count). The van der Waals surface area contributed by atoms with Gasteiger partial charge in [0.1, 0.15) is 0 Å². The van der Waals surface area contributed by atoms with Crippen molar-refractivity contribution >= 4 is 10.1 Å². The second-order valence-corrected chi connectivity index (χ2v) is 4.43. The van der Waals surface area contributed by atoms with Crippen molar-refractivity contribution in [3.8, 4) is 0 Å². The number of hydrogen-bond donors (Lipinski definition) is 0. The molecule has 1 atom stereocenters. The van der Waals surface area contributed by atoms with Crippen LogP contribution in [0.2, 0.25) is 0 Å². The molecule has 0 radical (unpaired) electrons. The Bertz CT molecular complexity index is 278. The molecule has 0 aromatic heterocycles. The first-order valence-electron chi connectivity index (χ1n) is 3.90. The van der Waals surface area contributed by atoms with E-state index in [1.165, 1.54) is 0 Å². The van der Waals surface area contributed by atoms with Gasteiger partial charge in [-0.25, -0.2) is 0 Å². The lowest BCUT2D eigenvalue weighted by Crippen LogP contribution is -2.28. The van der Waals surface area contributed by atoms with Crippen molar-refractivity contribution in [3.63, 3.8) is 0 Å². The summed E-state index contributed by atoms with van der Waals surface area (Å²) < 4.78 is 64.8. The van der Waals surface area contributed by atoms with E-state index < -0.39 is 28.3 Å². The third kappa shape index (κ3) is 2.82. The lowest BCUT2D eigenvalue weighted by Gasteiger charge is -2.11. The van der Waals surface area contributed by atoms with Gasteiger partial charge in [0.05, 0.1) is 12.7 Å². The van der Waals surface area contributed by atoms with E-state index in [9.17, 15) is 21.6 Å². The van der Waals surface area contributed by atoms with Crippen molar-refractivity contribution in [1.82, 2.24) is 0 Å². The minimum Gasteiger partial charge on any atom is -0.376 e. The van der Waals surface area contributed by atoms with Gasteiger partial charge in [-0.15, -0.1) is 0 Å². The van der Waals surface area contributed by atoms with Crippen LogP contribution in [0.1, 0.15) is 12.8 Å². The highest BCUT2D eigenvalue weighted by Crippen LogP contribution is 2.25. The van der Waals surface area contributed by atoms with Crippen LogP contribution in [0.5, 0.6) is 0 Å². The number of rotatable bonds is 3. The Morgan fingerprint density at radius 2 is 2.07 bits per heavy atom. The van der Waals surface area contributed by atoms with Gasteiger partial charge in [0.25, 0.3) is 0 Å². The minimum absolute atomic E-state index is 0.431. The Morgan fingerprint density at radius 1 is 1.43 bits per heavy atom. The maximum atomic E-state index is 11.8. The molecule has 0 saturated carbocycles. The van der Waals surface area contributed by atoms with Crippen LogP contribution in [0.25, 0.3) is 0 Å². The van der Waals surface area contributed by atoms with Gasteiger partial charge in [-0.2, -0.15) is 21.6 Å². The van der Waals surface area contributed by atoms with Gasteiger partial charge >= 0.3 is 15.6 Å². The summed E-state index contributed by atoms with van der Waals surface area (Å²) in [6.45, 7) is -0.137. The summed E-state index contributed by atoms with van der Waals surface area (Å²) in [6, 6.07) is 0. The molecule has 1 saturated heterocycles. The summed E-state index contributed by atoms with van der Waals surface area (Å²) in [5, 5.41) is 0. The largest absolute Gasteiger partial charge is 0.523 e. The maximum absolute atomic E-state index is 11.8. The van der Waals surface area contributed by atoms with Crippen molar-refractivity contribution in [2.24, 2.45) is 0 Å². The highest BCUT2D eigenvalue weighted by atomic mass is 32.2. The number of alkyl halides is 3. The molecule has 4 nitrogen and oxygen atoms in total. The van der Waals surface area contributed by atoms with E-state index in [-0.39, 0.29) is 0 Å². The first-order valence-corrected chi connectivity index (χ1v) is 5.31. The molecule has 1 heterocycles. The zero-order valence-corrected chi connectivity index (χ0v) is 7.90. The molecule has 0 bridgehead atoms. The molecule has 1 aliphatic rings. The van der Waals surface area contributed by atoms with E-state index in [4.69, 9.17) is 4.74 Å². The number of halogens is 3. The Kier molecular flexibility index (Phi) is 3.38. The Labute approximate surface area is 79.1 Å². The highest BCUT2D eigenvalue weighted by molar-refractivity contribution is 7.87. The average molecular weight is 234 g/mol. The third-order valence-electron chi connectivity index (χ3n) is 1.72. The van der Waals surface area contributed by atoms with Gasteiger partial charge < -0.3 is 4.74 Å². The molecule has 8 heteroatoms. The molecule has 0 aromatic carbocycles. The van der Waals surface area contributed by atoms with Crippen LogP contribution >= 0.6 is 0 Å². The van der Waals surface area contributed by atoms with Crippen LogP contribution in [0.4, 0.5) is 13.2 Å². The quantitative estimate of drug-likeness (QED) is 0.540. The minimum atomic E-state index is -5.47. The Hall–Kier alpha value is -0.340. The predicted octanol–water partition coefficient (Wildman–Crippen LogP) is 1.03. The van der Waals surface area contributed by atoms with E-state index >= 15 is 0 Å². The van der Waals surface area contributed by atoms with Crippen LogP contribution in [-0.4, -0.2) is 33.2 Å². The Morgan fingerprint density at radius 3 is 2.50 bits per heavy atom. The Balaban J connectivity index is 2.44. The summed E-state index contributed by atoms with van der Waals surface area (Å²) in [5.41, 5.74) is -5.36. The average Bonchev–Trinajstić information content (AvgIpc) is 2.50. The lowest BCUT2D eigenvalue weighted by atomic mass is 10.2. The first kappa shape index (κ1) is 11.7. The molecule has 0 aliphatic carbocycles. The predicted molar refractivity (Wildman–Crippen MR) is 39.9 cm³/mol. The van der Waals surface area contributed by atoms with E-state index in [0.29, 0.717) is 19.4 Å². The summed E-state index contributed by atoms with van der Waals surface area (Å²) >= 11 is 0. The second-order valence-electron chi connectivity index (χ2n) is 2.82. The topological polar surface area (TPSA) is 52.6 Å². The molecule has 0 amide bonds. The molecule has 1 aliphatic heterocycles. The summed E-state index contributed by atoms with van der Waals surface area (Å²) in [4.78, 5) is 0. The number of hydrogen-bond acceptors (Lipinski definition) is 4. The fraction of sp³-hybridized carbons (Fsp3) is 1.00. The second kappa shape index (κ2) is 4.03. The van der Waals surface area contributed by atoms with Gasteiger partial charge in [0.15, 0.2) is 0 Å². The van der Waals surface area contributed by atoms with Crippen molar-refractivity contribution in [2.45, 2.75) is 24.5 Å². The van der Waals surface area contributed by atoms with Crippen molar-refractivity contribution in [1.29, 1.82) is 0 Å². The molecule has 1 fully saturated rings. The summed E-state index contributed by atoms with van der Waals surface area (Å²) in [6.07, 6.45) is 0.681. The molecular weight excluding hydrogens is 225 g/mol. The maximum Gasteiger partial charge on any atom is 0.523 e. The molecule has 0 aromatic rings. The zero-order valence-electron chi connectivity index (χ0n) is 7.08. The summed E-state index contributed by atoms with van der Waals surface area (Å²) in [5.74, 6) is 0. The van der Waals surface area contributed by atoms with Gasteiger partial charge in [-0.05, 0) is 12.8 Å². The smallest absolute Gasteiger partial charge is 0.376 e. The SMILES string of the molecule is O=S(=O)(OC[C@@H]1CCCO1)C(F)(F)F. The highest BCUT2D eigenvalue weighted by Gasteiger charge is 2.47. The molecular formula is C6H9F3O4S. The standard InChI is InChI=1S/C6H9F3O4S/c7-6(8,9)14(10,11)13-4-5-2-1-3-12-5/h5H,1-4H2/t5-/m0/s1. The zero-order chi connectivity index (χ0) is 10.8. The van der Waals surface area contributed by atoms with E-state index in [2.05, 4.69) is 4.18 Å². The van der Waals surface area contributed by atoms with Crippen molar-refractivity contribution < 1.29 is 30.5 Å². The molecule has 0 unspecified atom stereocenters. The molecule has 0 N–H and O–H groups in total.